The van der Waals surface area contributed by atoms with Gasteiger partial charge < -0.3 is 10.4 Å². The summed E-state index contributed by atoms with van der Waals surface area (Å²) in [5.74, 6) is 0.925. The monoisotopic (exact) mass is 323 g/mol. The van der Waals surface area contributed by atoms with Crippen LogP contribution in [-0.4, -0.2) is 42.4 Å². The number of fused-ring (bicyclic) bond motifs is 1. The number of aromatic nitrogens is 2. The molecule has 0 saturated carbocycles. The minimum absolute atomic E-state index is 0.223. The number of sulfone groups is 1. The van der Waals surface area contributed by atoms with Crippen molar-refractivity contribution in [2.45, 2.75) is 31.3 Å². The van der Waals surface area contributed by atoms with E-state index in [9.17, 15) is 13.5 Å². The molecule has 1 aromatic carbocycles. The maximum absolute atomic E-state index is 11.7. The largest absolute Gasteiger partial charge is 0.391 e. The lowest BCUT2D eigenvalue weighted by Crippen LogP contribution is -2.21. The highest BCUT2D eigenvalue weighted by Gasteiger charge is 2.12. The van der Waals surface area contributed by atoms with Gasteiger partial charge in [-0.2, -0.15) is 0 Å². The zero-order valence-electron chi connectivity index (χ0n) is 12.9. The van der Waals surface area contributed by atoms with Crippen LogP contribution in [0.15, 0.2) is 29.4 Å². The highest BCUT2D eigenvalue weighted by Crippen LogP contribution is 2.23. The number of rotatable bonds is 6. The molecule has 2 aromatic rings. The van der Waals surface area contributed by atoms with Gasteiger partial charge >= 0.3 is 0 Å². The number of nitrogens with one attached hydrogen (secondary N) is 1. The van der Waals surface area contributed by atoms with Crippen molar-refractivity contribution in [1.82, 2.24) is 9.97 Å². The first kappa shape index (κ1) is 16.6. The minimum Gasteiger partial charge on any atom is -0.391 e. The second-order valence-corrected chi connectivity index (χ2v) is 7.85. The molecule has 0 radical (unpaired) electrons. The van der Waals surface area contributed by atoms with Crippen LogP contribution in [0.3, 0.4) is 0 Å². The molecule has 1 atom stereocenters. The van der Waals surface area contributed by atoms with Crippen LogP contribution >= 0.6 is 0 Å². The number of aliphatic hydroxyl groups excluding tert-OH is 1. The van der Waals surface area contributed by atoms with Crippen molar-refractivity contribution in [2.24, 2.45) is 5.92 Å². The molecule has 7 heteroatoms. The number of hydrogen-bond acceptors (Lipinski definition) is 6. The molecule has 0 amide bonds. The van der Waals surface area contributed by atoms with Crippen LogP contribution in [0.4, 0.5) is 5.82 Å². The van der Waals surface area contributed by atoms with E-state index in [0.29, 0.717) is 35.6 Å². The van der Waals surface area contributed by atoms with Crippen LogP contribution in [0, 0.1) is 5.92 Å². The zero-order valence-corrected chi connectivity index (χ0v) is 13.8. The average Bonchev–Trinajstić information content (AvgIpc) is 2.42. The molecule has 2 rings (SSSR count). The lowest BCUT2D eigenvalue weighted by Gasteiger charge is -2.15. The van der Waals surface area contributed by atoms with Crippen molar-refractivity contribution in [3.63, 3.8) is 0 Å². The molecule has 0 aliphatic carbocycles. The fourth-order valence-corrected chi connectivity index (χ4v) is 2.90. The summed E-state index contributed by atoms with van der Waals surface area (Å²) in [5, 5.41) is 13.6. The smallest absolute Gasteiger partial charge is 0.175 e. The molecule has 0 unspecified atom stereocenters. The Balaban J connectivity index is 2.29. The summed E-state index contributed by atoms with van der Waals surface area (Å²) in [7, 11) is -3.29. The molecule has 1 heterocycles. The number of hydrogen-bond donors (Lipinski definition) is 2. The van der Waals surface area contributed by atoms with Crippen LogP contribution < -0.4 is 5.32 Å². The van der Waals surface area contributed by atoms with Crippen molar-refractivity contribution in [3.8, 4) is 0 Å². The van der Waals surface area contributed by atoms with Gasteiger partial charge in [0.05, 0.1) is 16.5 Å². The Morgan fingerprint density at radius 3 is 2.64 bits per heavy atom. The fraction of sp³-hybridized carbons (Fsp3) is 0.467. The van der Waals surface area contributed by atoms with Gasteiger partial charge in [0.15, 0.2) is 9.84 Å². The average molecular weight is 323 g/mol. The number of aliphatic hydroxyl groups is 1. The Bertz CT molecular complexity index is 760. The molecule has 120 valence electrons. The molecule has 0 fully saturated rings. The molecule has 2 N–H and O–H groups in total. The quantitative estimate of drug-likeness (QED) is 0.843. The van der Waals surface area contributed by atoms with Gasteiger partial charge in [-0.3, -0.25) is 0 Å². The van der Waals surface area contributed by atoms with Crippen molar-refractivity contribution in [1.29, 1.82) is 0 Å². The molecule has 0 spiro atoms. The first-order valence-corrected chi connectivity index (χ1v) is 9.03. The van der Waals surface area contributed by atoms with E-state index in [4.69, 9.17) is 0 Å². The van der Waals surface area contributed by atoms with Gasteiger partial charge in [0.1, 0.15) is 12.1 Å². The first-order chi connectivity index (χ1) is 10.3. The number of benzene rings is 1. The molecular weight excluding hydrogens is 302 g/mol. The summed E-state index contributed by atoms with van der Waals surface area (Å²) in [4.78, 5) is 8.51. The first-order valence-electron chi connectivity index (χ1n) is 7.14. The van der Waals surface area contributed by atoms with E-state index in [2.05, 4.69) is 15.3 Å². The van der Waals surface area contributed by atoms with Gasteiger partial charge in [-0.15, -0.1) is 0 Å². The lowest BCUT2D eigenvalue weighted by molar-refractivity contribution is 0.161. The maximum atomic E-state index is 11.7. The number of nitrogens with zero attached hydrogens (tertiary/aromatic N) is 2. The maximum Gasteiger partial charge on any atom is 0.175 e. The fourth-order valence-electron chi connectivity index (χ4n) is 2.25. The Hall–Kier alpha value is -1.73. The number of anilines is 1. The summed E-state index contributed by atoms with van der Waals surface area (Å²) < 4.78 is 23.3. The van der Waals surface area contributed by atoms with Crippen molar-refractivity contribution >= 4 is 26.6 Å². The van der Waals surface area contributed by atoms with Gasteiger partial charge in [0.2, 0.25) is 0 Å². The molecule has 0 saturated heterocycles. The van der Waals surface area contributed by atoms with Gasteiger partial charge in [-0.25, -0.2) is 18.4 Å². The predicted molar refractivity (Wildman–Crippen MR) is 86.6 cm³/mol. The second-order valence-electron chi connectivity index (χ2n) is 5.84. The highest BCUT2D eigenvalue weighted by molar-refractivity contribution is 7.90. The SMILES string of the molecule is CC(C)C[C@H](O)CNc1ncnc2ccc(S(C)(=O)=O)cc12. The second kappa shape index (κ2) is 6.58. The Kier molecular flexibility index (Phi) is 4.97. The van der Waals surface area contributed by atoms with Crippen molar-refractivity contribution < 1.29 is 13.5 Å². The van der Waals surface area contributed by atoms with Gasteiger partial charge in [0.25, 0.3) is 0 Å². The zero-order chi connectivity index (χ0) is 16.3. The summed E-state index contributed by atoms with van der Waals surface area (Å²) in [6, 6.07) is 4.74. The molecule has 0 aliphatic rings. The highest BCUT2D eigenvalue weighted by atomic mass is 32.2. The van der Waals surface area contributed by atoms with E-state index < -0.39 is 15.9 Å². The summed E-state index contributed by atoms with van der Waals surface area (Å²) in [6.45, 7) is 4.44. The standard InChI is InChI=1S/C15H21N3O3S/c1-10(2)6-11(19)8-16-15-13-7-12(22(3,20)21)4-5-14(13)17-9-18-15/h4-5,7,9-11,19H,6,8H2,1-3H3,(H,16,17,18)/t11-/m0/s1. The third kappa shape index (κ3) is 4.14. The summed E-state index contributed by atoms with van der Waals surface area (Å²) in [6.07, 6.45) is 2.78. The third-order valence-corrected chi connectivity index (χ3v) is 4.39. The van der Waals surface area contributed by atoms with Crippen molar-refractivity contribution in [2.75, 3.05) is 18.1 Å². The van der Waals surface area contributed by atoms with E-state index in [1.807, 2.05) is 13.8 Å². The van der Waals surface area contributed by atoms with Crippen LogP contribution in [-0.2, 0) is 9.84 Å². The van der Waals surface area contributed by atoms with Gasteiger partial charge in [0, 0.05) is 18.2 Å². The normalized spacial score (nSPS) is 13.5. The van der Waals surface area contributed by atoms with Crippen LogP contribution in [0.1, 0.15) is 20.3 Å². The predicted octanol–water partition coefficient (Wildman–Crippen LogP) is 1.85. The molecular formula is C15H21N3O3S. The van der Waals surface area contributed by atoms with E-state index >= 15 is 0 Å². The van der Waals surface area contributed by atoms with Crippen LogP contribution in [0.2, 0.25) is 0 Å². The topological polar surface area (TPSA) is 92.2 Å². The lowest BCUT2D eigenvalue weighted by atomic mass is 10.1. The Labute approximate surface area is 130 Å². The summed E-state index contributed by atoms with van der Waals surface area (Å²) >= 11 is 0. The molecule has 0 aliphatic heterocycles. The van der Waals surface area contributed by atoms with Crippen LogP contribution in [0.5, 0.6) is 0 Å². The van der Waals surface area contributed by atoms with E-state index in [1.54, 1.807) is 12.1 Å². The van der Waals surface area contributed by atoms with E-state index in [-0.39, 0.29) is 4.90 Å². The van der Waals surface area contributed by atoms with Crippen molar-refractivity contribution in [3.05, 3.63) is 24.5 Å². The van der Waals surface area contributed by atoms with E-state index in [1.165, 1.54) is 12.4 Å². The third-order valence-electron chi connectivity index (χ3n) is 3.28. The van der Waals surface area contributed by atoms with E-state index in [0.717, 1.165) is 6.26 Å². The van der Waals surface area contributed by atoms with Gasteiger partial charge in [-0.1, -0.05) is 13.8 Å². The Morgan fingerprint density at radius 2 is 2.00 bits per heavy atom. The minimum atomic E-state index is -3.29. The molecule has 0 bridgehead atoms. The molecule has 1 aromatic heterocycles. The van der Waals surface area contributed by atoms with Crippen LogP contribution in [0.25, 0.3) is 10.9 Å². The summed E-state index contributed by atoms with van der Waals surface area (Å²) in [5.41, 5.74) is 0.656. The van der Waals surface area contributed by atoms with Gasteiger partial charge in [-0.05, 0) is 30.5 Å². The Morgan fingerprint density at radius 1 is 1.27 bits per heavy atom. The molecule has 22 heavy (non-hydrogen) atoms. The molecule has 6 nitrogen and oxygen atoms in total.